The molecule has 0 aliphatic rings. The molecular formula is C9H11BrO3. The lowest BCUT2D eigenvalue weighted by molar-refractivity contribution is 0.297. The Bertz CT molecular complexity index is 299. The number of phenolic OH excluding ortho intramolecular Hbond substituents is 1. The van der Waals surface area contributed by atoms with E-state index in [1.165, 1.54) is 0 Å². The molecule has 3 nitrogen and oxygen atoms in total. The van der Waals surface area contributed by atoms with Crippen LogP contribution in [-0.2, 0) is 6.42 Å². The van der Waals surface area contributed by atoms with Crippen molar-refractivity contribution in [3.05, 3.63) is 22.2 Å². The van der Waals surface area contributed by atoms with Crippen LogP contribution in [0.2, 0.25) is 0 Å². The zero-order valence-corrected chi connectivity index (χ0v) is 8.84. The van der Waals surface area contributed by atoms with Crippen molar-refractivity contribution in [1.29, 1.82) is 0 Å². The molecule has 1 rings (SSSR count). The van der Waals surface area contributed by atoms with Crippen molar-refractivity contribution in [3.8, 4) is 11.5 Å². The number of benzene rings is 1. The first kappa shape index (κ1) is 10.3. The smallest absolute Gasteiger partial charge is 0.133 e. The van der Waals surface area contributed by atoms with Gasteiger partial charge in [-0.05, 0) is 40.0 Å². The van der Waals surface area contributed by atoms with Crippen LogP contribution in [0.5, 0.6) is 11.5 Å². The molecule has 0 aliphatic heterocycles. The molecule has 0 atom stereocenters. The molecule has 0 aromatic heterocycles. The van der Waals surface area contributed by atoms with Gasteiger partial charge in [-0.3, -0.25) is 0 Å². The third-order valence-electron chi connectivity index (χ3n) is 1.73. The number of ether oxygens (including phenoxy) is 1. The average molecular weight is 247 g/mol. The van der Waals surface area contributed by atoms with Gasteiger partial charge in [0.15, 0.2) is 0 Å². The van der Waals surface area contributed by atoms with Crippen molar-refractivity contribution < 1.29 is 14.9 Å². The molecule has 0 unspecified atom stereocenters. The Balaban J connectivity index is 3.06. The molecule has 0 saturated carbocycles. The summed E-state index contributed by atoms with van der Waals surface area (Å²) in [5.74, 6) is 0.822. The van der Waals surface area contributed by atoms with Crippen molar-refractivity contribution in [2.75, 3.05) is 13.7 Å². The lowest BCUT2D eigenvalue weighted by Gasteiger charge is -2.07. The van der Waals surface area contributed by atoms with E-state index in [4.69, 9.17) is 9.84 Å². The fraction of sp³-hybridized carbons (Fsp3) is 0.333. The Labute approximate surface area is 85.1 Å². The number of hydrogen-bond acceptors (Lipinski definition) is 3. The Kier molecular flexibility index (Phi) is 3.57. The summed E-state index contributed by atoms with van der Waals surface area (Å²) in [6.07, 6.45) is 0.426. The van der Waals surface area contributed by atoms with Gasteiger partial charge in [-0.2, -0.15) is 0 Å². The summed E-state index contributed by atoms with van der Waals surface area (Å²) in [6, 6.07) is 3.26. The number of halogens is 1. The quantitative estimate of drug-likeness (QED) is 0.854. The van der Waals surface area contributed by atoms with Crippen molar-refractivity contribution in [2.24, 2.45) is 0 Å². The van der Waals surface area contributed by atoms with Crippen LogP contribution in [-0.4, -0.2) is 23.9 Å². The monoisotopic (exact) mass is 246 g/mol. The minimum atomic E-state index is 0.0122. The van der Waals surface area contributed by atoms with Gasteiger partial charge in [-0.15, -0.1) is 0 Å². The first-order valence-corrected chi connectivity index (χ1v) is 4.64. The average Bonchev–Trinajstić information content (AvgIpc) is 2.10. The van der Waals surface area contributed by atoms with Gasteiger partial charge in [0.05, 0.1) is 11.6 Å². The second-order valence-electron chi connectivity index (χ2n) is 2.59. The van der Waals surface area contributed by atoms with E-state index in [2.05, 4.69) is 15.9 Å². The maximum atomic E-state index is 9.45. The van der Waals surface area contributed by atoms with E-state index in [-0.39, 0.29) is 12.4 Å². The summed E-state index contributed by atoms with van der Waals surface area (Å²) >= 11 is 3.25. The molecule has 0 amide bonds. The predicted molar refractivity (Wildman–Crippen MR) is 53.1 cm³/mol. The van der Waals surface area contributed by atoms with Crippen LogP contribution in [0.1, 0.15) is 5.56 Å². The number of phenols is 1. The maximum absolute atomic E-state index is 9.45. The van der Waals surface area contributed by atoms with Crippen molar-refractivity contribution in [2.45, 2.75) is 6.42 Å². The molecule has 1 aromatic carbocycles. The number of aliphatic hydroxyl groups excluding tert-OH is 1. The molecule has 72 valence electrons. The van der Waals surface area contributed by atoms with Gasteiger partial charge >= 0.3 is 0 Å². The highest BCUT2D eigenvalue weighted by molar-refractivity contribution is 9.10. The molecule has 0 fully saturated rings. The molecule has 0 spiro atoms. The van der Waals surface area contributed by atoms with E-state index in [9.17, 15) is 5.11 Å². The van der Waals surface area contributed by atoms with E-state index in [0.29, 0.717) is 22.2 Å². The normalized spacial score (nSPS) is 10.1. The molecule has 13 heavy (non-hydrogen) atoms. The summed E-state index contributed by atoms with van der Waals surface area (Å²) in [5, 5.41) is 18.2. The fourth-order valence-corrected chi connectivity index (χ4v) is 1.56. The molecule has 4 heteroatoms. The van der Waals surface area contributed by atoms with Crippen molar-refractivity contribution in [3.63, 3.8) is 0 Å². The van der Waals surface area contributed by atoms with Gasteiger partial charge < -0.3 is 14.9 Å². The van der Waals surface area contributed by atoms with E-state index in [1.54, 1.807) is 19.2 Å². The standard InChI is InChI=1S/C9H11BrO3/c1-13-9-4-6(2-3-11)8(12)5-7(9)10/h4-5,11-12H,2-3H2,1H3. The minimum Gasteiger partial charge on any atom is -0.508 e. The van der Waals surface area contributed by atoms with Crippen LogP contribution in [0.4, 0.5) is 0 Å². The highest BCUT2D eigenvalue weighted by Gasteiger charge is 2.06. The summed E-state index contributed by atoms with van der Waals surface area (Å²) in [6.45, 7) is 0.0122. The molecule has 0 bridgehead atoms. The van der Waals surface area contributed by atoms with Crippen LogP contribution in [0.3, 0.4) is 0 Å². The Morgan fingerprint density at radius 2 is 2.15 bits per heavy atom. The van der Waals surface area contributed by atoms with Gasteiger partial charge in [0.25, 0.3) is 0 Å². The SMILES string of the molecule is COc1cc(CCO)c(O)cc1Br. The molecular weight excluding hydrogens is 236 g/mol. The van der Waals surface area contributed by atoms with Crippen LogP contribution >= 0.6 is 15.9 Å². The Hall–Kier alpha value is -0.740. The molecule has 1 aromatic rings. The summed E-state index contributed by atoms with van der Waals surface area (Å²) < 4.78 is 5.75. The number of rotatable bonds is 3. The third kappa shape index (κ3) is 2.35. The van der Waals surface area contributed by atoms with E-state index in [1.807, 2.05) is 0 Å². The zero-order valence-electron chi connectivity index (χ0n) is 7.25. The lowest BCUT2D eigenvalue weighted by atomic mass is 10.1. The molecule has 0 aliphatic carbocycles. The highest BCUT2D eigenvalue weighted by Crippen LogP contribution is 2.32. The Morgan fingerprint density at radius 1 is 1.46 bits per heavy atom. The first-order valence-electron chi connectivity index (χ1n) is 3.85. The van der Waals surface area contributed by atoms with Crippen LogP contribution in [0, 0.1) is 0 Å². The maximum Gasteiger partial charge on any atom is 0.133 e. The summed E-state index contributed by atoms with van der Waals surface area (Å²) in [5.41, 5.74) is 0.683. The van der Waals surface area contributed by atoms with E-state index in [0.717, 1.165) is 0 Å². The summed E-state index contributed by atoms with van der Waals surface area (Å²) in [4.78, 5) is 0. The third-order valence-corrected chi connectivity index (χ3v) is 2.35. The number of aromatic hydroxyl groups is 1. The topological polar surface area (TPSA) is 49.7 Å². The van der Waals surface area contributed by atoms with Gasteiger partial charge in [-0.1, -0.05) is 0 Å². The van der Waals surface area contributed by atoms with E-state index >= 15 is 0 Å². The van der Waals surface area contributed by atoms with Crippen LogP contribution in [0.15, 0.2) is 16.6 Å². The van der Waals surface area contributed by atoms with Gasteiger partial charge in [-0.25, -0.2) is 0 Å². The highest BCUT2D eigenvalue weighted by atomic mass is 79.9. The summed E-state index contributed by atoms with van der Waals surface area (Å²) in [7, 11) is 1.56. The minimum absolute atomic E-state index is 0.0122. The lowest BCUT2D eigenvalue weighted by Crippen LogP contribution is -1.93. The number of methoxy groups -OCH3 is 1. The molecule has 0 heterocycles. The second kappa shape index (κ2) is 4.48. The molecule has 0 radical (unpaired) electrons. The number of aliphatic hydroxyl groups is 1. The van der Waals surface area contributed by atoms with Crippen LogP contribution in [0.25, 0.3) is 0 Å². The number of hydrogen-bond donors (Lipinski definition) is 2. The van der Waals surface area contributed by atoms with Crippen molar-refractivity contribution >= 4 is 15.9 Å². The zero-order chi connectivity index (χ0) is 9.84. The fourth-order valence-electron chi connectivity index (χ4n) is 1.06. The predicted octanol–water partition coefficient (Wildman–Crippen LogP) is 1.70. The van der Waals surface area contributed by atoms with E-state index < -0.39 is 0 Å². The first-order chi connectivity index (χ1) is 6.19. The van der Waals surface area contributed by atoms with Crippen molar-refractivity contribution in [1.82, 2.24) is 0 Å². The van der Waals surface area contributed by atoms with Gasteiger partial charge in [0, 0.05) is 6.61 Å². The largest absolute Gasteiger partial charge is 0.508 e. The second-order valence-corrected chi connectivity index (χ2v) is 3.44. The molecule has 2 N–H and O–H groups in total. The van der Waals surface area contributed by atoms with Gasteiger partial charge in [0.1, 0.15) is 11.5 Å². The molecule has 0 saturated heterocycles. The van der Waals surface area contributed by atoms with Gasteiger partial charge in [0.2, 0.25) is 0 Å². The van der Waals surface area contributed by atoms with Crippen LogP contribution < -0.4 is 4.74 Å². The Morgan fingerprint density at radius 3 is 2.69 bits per heavy atom.